The lowest BCUT2D eigenvalue weighted by Gasteiger charge is -2.12. The first-order valence-corrected chi connectivity index (χ1v) is 8.38. The summed E-state index contributed by atoms with van der Waals surface area (Å²) in [5, 5.41) is 10.8. The fraction of sp³-hybridized carbons (Fsp3) is 0. The maximum Gasteiger partial charge on any atom is -0.00199 e. The van der Waals surface area contributed by atoms with Gasteiger partial charge in [-0.2, -0.15) is 0 Å². The molecule has 0 heterocycles. The summed E-state index contributed by atoms with van der Waals surface area (Å²) in [4.78, 5) is 0. The second kappa shape index (κ2) is 4.24. The summed E-state index contributed by atoms with van der Waals surface area (Å²) in [6.45, 7) is 0. The van der Waals surface area contributed by atoms with Crippen LogP contribution < -0.4 is 0 Å². The predicted molar refractivity (Wildman–Crippen MR) is 105 cm³/mol. The van der Waals surface area contributed by atoms with Gasteiger partial charge in [0.05, 0.1) is 0 Å². The Labute approximate surface area is 139 Å². The lowest BCUT2D eigenvalue weighted by Crippen LogP contribution is -1.86. The summed E-state index contributed by atoms with van der Waals surface area (Å²) in [5.74, 6) is 0. The van der Waals surface area contributed by atoms with E-state index in [0.717, 1.165) is 0 Å². The number of rotatable bonds is 0. The molecule has 0 fully saturated rings. The first-order valence-electron chi connectivity index (χ1n) is 8.38. The fourth-order valence-corrected chi connectivity index (χ4v) is 4.32. The van der Waals surface area contributed by atoms with Crippen molar-refractivity contribution in [3.8, 4) is 0 Å². The molecule has 1 aliphatic carbocycles. The molecule has 0 spiro atoms. The van der Waals surface area contributed by atoms with Crippen LogP contribution in [0.3, 0.4) is 0 Å². The summed E-state index contributed by atoms with van der Waals surface area (Å²) in [7, 11) is 0. The van der Waals surface area contributed by atoms with Gasteiger partial charge < -0.3 is 0 Å². The van der Waals surface area contributed by atoms with Crippen LogP contribution in [0.25, 0.3) is 55.2 Å². The van der Waals surface area contributed by atoms with Crippen LogP contribution in [0.4, 0.5) is 0 Å². The molecule has 5 aromatic rings. The fourth-order valence-electron chi connectivity index (χ4n) is 4.32. The summed E-state index contributed by atoms with van der Waals surface area (Å²) < 4.78 is 0. The molecule has 6 rings (SSSR count). The molecule has 0 amide bonds. The topological polar surface area (TPSA) is 0 Å². The van der Waals surface area contributed by atoms with Crippen molar-refractivity contribution in [1.82, 2.24) is 0 Å². The molecule has 0 N–H and O–H groups in total. The highest BCUT2D eigenvalue weighted by Crippen LogP contribution is 2.41. The van der Waals surface area contributed by atoms with Gasteiger partial charge in [0.2, 0.25) is 0 Å². The lowest BCUT2D eigenvalue weighted by molar-refractivity contribution is 1.76. The van der Waals surface area contributed by atoms with E-state index in [1.807, 2.05) is 0 Å². The van der Waals surface area contributed by atoms with Crippen LogP contribution >= 0.6 is 0 Å². The molecule has 0 atom stereocenters. The van der Waals surface area contributed by atoms with Gasteiger partial charge in [0.1, 0.15) is 0 Å². The third-order valence-corrected chi connectivity index (χ3v) is 5.35. The van der Waals surface area contributed by atoms with Crippen molar-refractivity contribution in [1.29, 1.82) is 0 Å². The Balaban J connectivity index is 2.00. The molecule has 0 saturated carbocycles. The van der Waals surface area contributed by atoms with Crippen molar-refractivity contribution in [3.05, 3.63) is 83.9 Å². The van der Waals surface area contributed by atoms with Crippen molar-refractivity contribution in [3.63, 3.8) is 0 Å². The van der Waals surface area contributed by atoms with Crippen molar-refractivity contribution in [2.75, 3.05) is 0 Å². The Morgan fingerprint density at radius 1 is 0.458 bits per heavy atom. The van der Waals surface area contributed by atoms with E-state index in [1.165, 1.54) is 54.2 Å². The highest BCUT2D eigenvalue weighted by molar-refractivity contribution is 6.27. The Morgan fingerprint density at radius 2 is 1.21 bits per heavy atom. The molecule has 1 aliphatic rings. The maximum atomic E-state index is 2.34. The van der Waals surface area contributed by atoms with E-state index in [4.69, 9.17) is 0 Å². The van der Waals surface area contributed by atoms with Crippen LogP contribution in [0.2, 0.25) is 0 Å². The third-order valence-electron chi connectivity index (χ3n) is 5.35. The van der Waals surface area contributed by atoms with Gasteiger partial charge in [0.25, 0.3) is 0 Å². The predicted octanol–water partition coefficient (Wildman–Crippen LogP) is 6.78. The van der Waals surface area contributed by atoms with Crippen LogP contribution in [-0.4, -0.2) is 0 Å². The second-order valence-electron chi connectivity index (χ2n) is 6.62. The Bertz CT molecular complexity index is 1340. The number of fused-ring (bicyclic) bond motifs is 6. The first kappa shape index (κ1) is 12.3. The highest BCUT2D eigenvalue weighted by Gasteiger charge is 2.15. The average molecular weight is 302 g/mol. The minimum atomic E-state index is 1.31. The molecule has 0 nitrogen and oxygen atoms in total. The molecular weight excluding hydrogens is 288 g/mol. The van der Waals surface area contributed by atoms with E-state index < -0.39 is 0 Å². The van der Waals surface area contributed by atoms with Crippen molar-refractivity contribution < 1.29 is 0 Å². The van der Waals surface area contributed by atoms with Crippen molar-refractivity contribution in [2.24, 2.45) is 0 Å². The first-order chi connectivity index (χ1) is 11.9. The summed E-state index contributed by atoms with van der Waals surface area (Å²) in [6.07, 6.45) is 4.54. The normalized spacial score (nSPS) is 12.8. The van der Waals surface area contributed by atoms with Crippen molar-refractivity contribution in [2.45, 2.75) is 0 Å². The molecule has 0 radical (unpaired) electrons. The number of hydrogen-bond donors (Lipinski definition) is 0. The van der Waals surface area contributed by atoms with E-state index in [1.54, 1.807) is 0 Å². The SMILES string of the molecule is C1=Cc2c3c1cccc3cc1ccc3ccc4ccccc4c3c21. The van der Waals surface area contributed by atoms with Gasteiger partial charge in [-0.15, -0.1) is 0 Å². The third kappa shape index (κ3) is 1.43. The van der Waals surface area contributed by atoms with E-state index in [-0.39, 0.29) is 0 Å². The summed E-state index contributed by atoms with van der Waals surface area (Å²) >= 11 is 0. The monoisotopic (exact) mass is 302 g/mol. The minimum Gasteiger partial charge on any atom is -0.0616 e. The quantitative estimate of drug-likeness (QED) is 0.214. The van der Waals surface area contributed by atoms with Gasteiger partial charge >= 0.3 is 0 Å². The summed E-state index contributed by atoms with van der Waals surface area (Å²) in [6, 6.07) is 26.6. The van der Waals surface area contributed by atoms with Crippen LogP contribution in [0.1, 0.15) is 11.1 Å². The highest BCUT2D eigenvalue weighted by atomic mass is 14.2. The largest absolute Gasteiger partial charge is 0.0616 e. The van der Waals surface area contributed by atoms with E-state index in [0.29, 0.717) is 0 Å². The number of benzene rings is 5. The Hall–Kier alpha value is -3.12. The Kier molecular flexibility index (Phi) is 2.18. The van der Waals surface area contributed by atoms with Gasteiger partial charge in [-0.05, 0) is 60.3 Å². The van der Waals surface area contributed by atoms with Gasteiger partial charge in [0.15, 0.2) is 0 Å². The minimum absolute atomic E-state index is 1.31. The van der Waals surface area contributed by atoms with Crippen LogP contribution in [0.15, 0.2) is 72.8 Å². The molecule has 0 unspecified atom stereocenters. The molecular formula is C24H14. The van der Waals surface area contributed by atoms with Crippen LogP contribution in [0, 0.1) is 0 Å². The van der Waals surface area contributed by atoms with Gasteiger partial charge in [0, 0.05) is 0 Å². The Morgan fingerprint density at radius 3 is 2.17 bits per heavy atom. The molecule has 0 aliphatic heterocycles. The number of hydrogen-bond acceptors (Lipinski definition) is 0. The molecule has 0 saturated heterocycles. The van der Waals surface area contributed by atoms with Crippen molar-refractivity contribution >= 4 is 55.2 Å². The average Bonchev–Trinajstić information content (AvgIpc) is 3.07. The summed E-state index contributed by atoms with van der Waals surface area (Å²) in [5.41, 5.74) is 2.71. The molecule has 0 bridgehead atoms. The standard InChI is InChI=1S/C24H14/c1-2-7-20-15(4-1)8-9-17-10-11-19-14-18-6-3-5-16-12-13-21(22(16)18)24(19)23(17)20/h1-14H. The molecule has 110 valence electrons. The maximum absolute atomic E-state index is 2.34. The molecule has 5 aromatic carbocycles. The van der Waals surface area contributed by atoms with Crippen LogP contribution in [0.5, 0.6) is 0 Å². The van der Waals surface area contributed by atoms with E-state index >= 15 is 0 Å². The second-order valence-corrected chi connectivity index (χ2v) is 6.62. The van der Waals surface area contributed by atoms with E-state index in [2.05, 4.69) is 84.9 Å². The van der Waals surface area contributed by atoms with Gasteiger partial charge in [-0.1, -0.05) is 78.9 Å². The lowest BCUT2D eigenvalue weighted by atomic mass is 9.91. The van der Waals surface area contributed by atoms with Gasteiger partial charge in [-0.25, -0.2) is 0 Å². The zero-order chi connectivity index (χ0) is 15.7. The zero-order valence-corrected chi connectivity index (χ0v) is 13.1. The molecule has 24 heavy (non-hydrogen) atoms. The van der Waals surface area contributed by atoms with E-state index in [9.17, 15) is 0 Å². The molecule has 0 aromatic heterocycles. The smallest absolute Gasteiger partial charge is 0.00199 e. The zero-order valence-electron chi connectivity index (χ0n) is 13.1. The van der Waals surface area contributed by atoms with Crippen LogP contribution in [-0.2, 0) is 0 Å². The van der Waals surface area contributed by atoms with Gasteiger partial charge in [-0.3, -0.25) is 0 Å². The molecule has 0 heteroatoms.